The number of aryl methyl sites for hydroxylation is 1. The van der Waals surface area contributed by atoms with E-state index >= 15 is 0 Å². The Balaban J connectivity index is 1.73. The van der Waals surface area contributed by atoms with E-state index in [4.69, 9.17) is 11.6 Å². The number of H-pyrrole nitrogens is 1. The highest BCUT2D eigenvalue weighted by Crippen LogP contribution is 2.33. The second kappa shape index (κ2) is 5.58. The molecule has 0 saturated carbocycles. The molecule has 6 heteroatoms. The lowest BCUT2D eigenvalue weighted by molar-refractivity contribution is 0.102. The van der Waals surface area contributed by atoms with Crippen LogP contribution in [0.1, 0.15) is 40.8 Å². The van der Waals surface area contributed by atoms with Crippen molar-refractivity contribution in [2.24, 2.45) is 5.92 Å². The summed E-state index contributed by atoms with van der Waals surface area (Å²) in [5, 5.41) is 4.05. The van der Waals surface area contributed by atoms with Crippen molar-refractivity contribution in [1.82, 2.24) is 9.97 Å². The van der Waals surface area contributed by atoms with Crippen LogP contribution >= 0.6 is 22.9 Å². The first-order valence-corrected chi connectivity index (χ1v) is 7.99. The van der Waals surface area contributed by atoms with Crippen LogP contribution in [-0.2, 0) is 12.8 Å². The van der Waals surface area contributed by atoms with Crippen molar-refractivity contribution < 1.29 is 4.79 Å². The van der Waals surface area contributed by atoms with Crippen LogP contribution in [0.4, 0.5) is 5.13 Å². The molecule has 0 bridgehead atoms. The van der Waals surface area contributed by atoms with Gasteiger partial charge in [-0.05, 0) is 31.2 Å². The van der Waals surface area contributed by atoms with E-state index in [1.807, 2.05) is 0 Å². The SMILES string of the molecule is CC[C@H]1CCc2nc(NC(=O)c3cc(Cl)c[nH]3)sc2C1. The third-order valence-electron chi connectivity index (χ3n) is 3.73. The maximum Gasteiger partial charge on any atom is 0.273 e. The Bertz CT molecular complexity index is 634. The van der Waals surface area contributed by atoms with Crippen molar-refractivity contribution in [3.05, 3.63) is 33.6 Å². The molecular weight excluding hydrogens is 294 g/mol. The molecule has 1 aliphatic rings. The number of hydrogen-bond donors (Lipinski definition) is 2. The summed E-state index contributed by atoms with van der Waals surface area (Å²) in [6.45, 7) is 2.23. The molecule has 0 aromatic carbocycles. The molecule has 0 aliphatic heterocycles. The maximum absolute atomic E-state index is 12.0. The summed E-state index contributed by atoms with van der Waals surface area (Å²) in [5.41, 5.74) is 1.61. The Kier molecular flexibility index (Phi) is 3.81. The van der Waals surface area contributed by atoms with Crippen molar-refractivity contribution in [3.8, 4) is 0 Å². The molecule has 0 spiro atoms. The van der Waals surface area contributed by atoms with Gasteiger partial charge in [-0.3, -0.25) is 10.1 Å². The number of nitrogens with one attached hydrogen (secondary N) is 2. The summed E-state index contributed by atoms with van der Waals surface area (Å²) < 4.78 is 0. The summed E-state index contributed by atoms with van der Waals surface area (Å²) in [5.74, 6) is 0.559. The fraction of sp³-hybridized carbons (Fsp3) is 0.429. The van der Waals surface area contributed by atoms with Crippen molar-refractivity contribution in [2.75, 3.05) is 5.32 Å². The van der Waals surface area contributed by atoms with Crippen LogP contribution in [0.2, 0.25) is 5.02 Å². The largest absolute Gasteiger partial charge is 0.356 e. The van der Waals surface area contributed by atoms with Gasteiger partial charge in [0, 0.05) is 11.1 Å². The Morgan fingerprint density at radius 3 is 3.20 bits per heavy atom. The zero-order valence-corrected chi connectivity index (χ0v) is 12.8. The second-order valence-corrected chi connectivity index (χ2v) is 6.61. The number of thiazole rings is 1. The average molecular weight is 310 g/mol. The summed E-state index contributed by atoms with van der Waals surface area (Å²) >= 11 is 7.39. The molecule has 3 rings (SSSR count). The van der Waals surface area contributed by atoms with Gasteiger partial charge in [0.2, 0.25) is 0 Å². The van der Waals surface area contributed by atoms with Crippen molar-refractivity contribution in [2.45, 2.75) is 32.6 Å². The average Bonchev–Trinajstić information content (AvgIpc) is 3.03. The molecule has 0 fully saturated rings. The normalized spacial score (nSPS) is 17.8. The molecule has 1 atom stereocenters. The maximum atomic E-state index is 12.0. The minimum absolute atomic E-state index is 0.199. The van der Waals surface area contributed by atoms with Crippen LogP contribution < -0.4 is 5.32 Å². The predicted octanol–water partition coefficient (Wildman–Crippen LogP) is 3.89. The van der Waals surface area contributed by atoms with Crippen LogP contribution in [0.15, 0.2) is 12.3 Å². The number of halogens is 1. The number of aromatic nitrogens is 2. The van der Waals surface area contributed by atoms with Gasteiger partial charge in [0.1, 0.15) is 5.69 Å². The van der Waals surface area contributed by atoms with E-state index in [1.54, 1.807) is 23.6 Å². The van der Waals surface area contributed by atoms with Crippen LogP contribution in [0.25, 0.3) is 0 Å². The predicted molar refractivity (Wildman–Crippen MR) is 81.7 cm³/mol. The van der Waals surface area contributed by atoms with Crippen molar-refractivity contribution in [3.63, 3.8) is 0 Å². The fourth-order valence-corrected chi connectivity index (χ4v) is 3.79. The number of amides is 1. The van der Waals surface area contributed by atoms with Gasteiger partial charge in [0.15, 0.2) is 5.13 Å². The molecule has 2 N–H and O–H groups in total. The van der Waals surface area contributed by atoms with Crippen LogP contribution in [0, 0.1) is 5.92 Å². The monoisotopic (exact) mass is 309 g/mol. The van der Waals surface area contributed by atoms with Crippen LogP contribution in [0.5, 0.6) is 0 Å². The number of fused-ring (bicyclic) bond motifs is 1. The topological polar surface area (TPSA) is 57.8 Å². The molecule has 20 heavy (non-hydrogen) atoms. The quantitative estimate of drug-likeness (QED) is 0.903. The molecule has 2 aromatic rings. The van der Waals surface area contributed by atoms with E-state index in [0.29, 0.717) is 15.8 Å². The smallest absolute Gasteiger partial charge is 0.273 e. The minimum Gasteiger partial charge on any atom is -0.356 e. The first-order chi connectivity index (χ1) is 9.65. The lowest BCUT2D eigenvalue weighted by Gasteiger charge is -2.18. The third-order valence-corrected chi connectivity index (χ3v) is 4.99. The summed E-state index contributed by atoms with van der Waals surface area (Å²) in [7, 11) is 0. The van der Waals surface area contributed by atoms with Crippen molar-refractivity contribution in [1.29, 1.82) is 0 Å². The molecule has 4 nitrogen and oxygen atoms in total. The number of rotatable bonds is 3. The van der Waals surface area contributed by atoms with Gasteiger partial charge in [0.25, 0.3) is 5.91 Å². The summed E-state index contributed by atoms with van der Waals surface area (Å²) in [6, 6.07) is 1.61. The molecule has 106 valence electrons. The zero-order chi connectivity index (χ0) is 14.1. The van der Waals surface area contributed by atoms with Gasteiger partial charge in [-0.2, -0.15) is 0 Å². The zero-order valence-electron chi connectivity index (χ0n) is 11.2. The number of aromatic amines is 1. The Morgan fingerprint density at radius 1 is 1.65 bits per heavy atom. The number of nitrogens with zero attached hydrogens (tertiary/aromatic N) is 1. The number of carbonyl (C=O) groups is 1. The highest BCUT2D eigenvalue weighted by molar-refractivity contribution is 7.15. The number of anilines is 1. The molecule has 0 radical (unpaired) electrons. The fourth-order valence-electron chi connectivity index (χ4n) is 2.51. The minimum atomic E-state index is -0.199. The first-order valence-electron chi connectivity index (χ1n) is 6.79. The molecule has 0 saturated heterocycles. The highest BCUT2D eigenvalue weighted by atomic mass is 35.5. The third kappa shape index (κ3) is 2.74. The van der Waals surface area contributed by atoms with E-state index in [-0.39, 0.29) is 5.91 Å². The number of carbonyl (C=O) groups excluding carboxylic acids is 1. The van der Waals surface area contributed by atoms with Gasteiger partial charge in [-0.25, -0.2) is 4.98 Å². The standard InChI is InChI=1S/C14H16ClN3OS/c1-2-8-3-4-10-12(5-8)20-14(17-10)18-13(19)11-6-9(15)7-16-11/h6-8,16H,2-5H2,1H3,(H,17,18,19)/t8-/m0/s1. The van der Waals surface area contributed by atoms with Gasteiger partial charge >= 0.3 is 0 Å². The van der Waals surface area contributed by atoms with E-state index in [1.165, 1.54) is 17.7 Å². The lowest BCUT2D eigenvalue weighted by Crippen LogP contribution is -2.12. The van der Waals surface area contributed by atoms with Gasteiger partial charge < -0.3 is 4.98 Å². The molecule has 2 heterocycles. The Hall–Kier alpha value is -1.33. The summed E-state index contributed by atoms with van der Waals surface area (Å²) in [6.07, 6.45) is 6.12. The second-order valence-electron chi connectivity index (χ2n) is 5.09. The first kappa shape index (κ1) is 13.6. The molecular formula is C14H16ClN3OS. The van der Waals surface area contributed by atoms with Crippen molar-refractivity contribution >= 4 is 34.0 Å². The van der Waals surface area contributed by atoms with E-state index in [9.17, 15) is 4.79 Å². The molecule has 2 aromatic heterocycles. The Morgan fingerprint density at radius 2 is 2.50 bits per heavy atom. The van der Waals surface area contributed by atoms with Crippen LogP contribution in [0.3, 0.4) is 0 Å². The van der Waals surface area contributed by atoms with Crippen LogP contribution in [-0.4, -0.2) is 15.9 Å². The molecule has 0 unspecified atom stereocenters. The molecule has 1 aliphatic carbocycles. The summed E-state index contributed by atoms with van der Waals surface area (Å²) in [4.78, 5) is 20.7. The Labute approximate surface area is 126 Å². The van der Waals surface area contributed by atoms with Gasteiger partial charge in [-0.15, -0.1) is 11.3 Å². The van der Waals surface area contributed by atoms with E-state index < -0.39 is 0 Å². The van der Waals surface area contributed by atoms with Gasteiger partial charge in [-0.1, -0.05) is 24.9 Å². The van der Waals surface area contributed by atoms with E-state index in [2.05, 4.69) is 22.2 Å². The lowest BCUT2D eigenvalue weighted by atomic mass is 9.89. The van der Waals surface area contributed by atoms with E-state index in [0.717, 1.165) is 24.5 Å². The number of hydrogen-bond acceptors (Lipinski definition) is 3. The highest BCUT2D eigenvalue weighted by Gasteiger charge is 2.22. The van der Waals surface area contributed by atoms with Gasteiger partial charge in [0.05, 0.1) is 10.7 Å². The molecule has 1 amide bonds.